The van der Waals surface area contributed by atoms with Crippen molar-refractivity contribution in [1.29, 1.82) is 0 Å². The van der Waals surface area contributed by atoms with E-state index in [-0.39, 0.29) is 0 Å². The first-order valence-corrected chi connectivity index (χ1v) is 4.60. The van der Waals surface area contributed by atoms with Crippen LogP contribution >= 0.6 is 0 Å². The van der Waals surface area contributed by atoms with Gasteiger partial charge in [0.25, 0.3) is 0 Å². The van der Waals surface area contributed by atoms with Gasteiger partial charge in [-0.1, -0.05) is 0 Å². The molecular weight excluding hydrogens is 154 g/mol. The topological polar surface area (TPSA) is 44.5 Å². The van der Waals surface area contributed by atoms with E-state index in [0.29, 0.717) is 18.6 Å². The van der Waals surface area contributed by atoms with Crippen LogP contribution in [0.15, 0.2) is 0 Å². The Hall–Kier alpha value is -0.120. The summed E-state index contributed by atoms with van der Waals surface area (Å²) in [4.78, 5) is 0. The van der Waals surface area contributed by atoms with Crippen LogP contribution in [0.4, 0.5) is 0 Å². The van der Waals surface area contributed by atoms with E-state index in [0.717, 1.165) is 19.6 Å². The molecule has 0 aliphatic heterocycles. The molecule has 2 N–H and O–H groups in total. The van der Waals surface area contributed by atoms with Crippen molar-refractivity contribution in [1.82, 2.24) is 0 Å². The third kappa shape index (κ3) is 3.09. The standard InChI is InChI=1S/C9H19NO2/c1-11-6-7-12-5-4-9(8-10)2-3-9/h2-8,10H2,1H3. The van der Waals surface area contributed by atoms with Crippen molar-refractivity contribution in [2.45, 2.75) is 19.3 Å². The molecule has 3 nitrogen and oxygen atoms in total. The zero-order valence-corrected chi connectivity index (χ0v) is 7.84. The van der Waals surface area contributed by atoms with E-state index < -0.39 is 0 Å². The van der Waals surface area contributed by atoms with Gasteiger partial charge in [-0.25, -0.2) is 0 Å². The smallest absolute Gasteiger partial charge is 0.0700 e. The molecule has 0 atom stereocenters. The highest BCUT2D eigenvalue weighted by Gasteiger charge is 2.40. The number of nitrogens with two attached hydrogens (primary N) is 1. The molecule has 0 aromatic rings. The molecule has 0 aromatic carbocycles. The molecule has 1 saturated carbocycles. The zero-order valence-electron chi connectivity index (χ0n) is 7.84. The van der Waals surface area contributed by atoms with Crippen LogP contribution < -0.4 is 5.73 Å². The average molecular weight is 173 g/mol. The van der Waals surface area contributed by atoms with Crippen LogP contribution in [0.2, 0.25) is 0 Å². The van der Waals surface area contributed by atoms with E-state index in [2.05, 4.69) is 0 Å². The molecule has 0 saturated heterocycles. The predicted octanol–water partition coefficient (Wildman–Crippen LogP) is 0.778. The molecule has 1 aliphatic carbocycles. The highest BCUT2D eigenvalue weighted by atomic mass is 16.5. The Bertz CT molecular complexity index is 124. The Balaban J connectivity index is 1.89. The summed E-state index contributed by atoms with van der Waals surface area (Å²) in [5.41, 5.74) is 6.08. The van der Waals surface area contributed by atoms with Gasteiger partial charge in [-0.2, -0.15) is 0 Å². The fourth-order valence-electron chi connectivity index (χ4n) is 1.27. The lowest BCUT2D eigenvalue weighted by molar-refractivity contribution is 0.0624. The van der Waals surface area contributed by atoms with Gasteiger partial charge in [-0.05, 0) is 31.2 Å². The van der Waals surface area contributed by atoms with E-state index in [1.807, 2.05) is 0 Å². The number of ether oxygens (including phenoxy) is 2. The van der Waals surface area contributed by atoms with Crippen LogP contribution in [0.3, 0.4) is 0 Å². The summed E-state index contributed by atoms with van der Waals surface area (Å²) < 4.78 is 10.2. The Morgan fingerprint density at radius 3 is 2.50 bits per heavy atom. The van der Waals surface area contributed by atoms with Crippen LogP contribution in [0.1, 0.15) is 19.3 Å². The van der Waals surface area contributed by atoms with E-state index in [1.165, 1.54) is 12.8 Å². The summed E-state index contributed by atoms with van der Waals surface area (Å²) in [5, 5.41) is 0. The van der Waals surface area contributed by atoms with Crippen molar-refractivity contribution in [2.75, 3.05) is 33.5 Å². The molecule has 0 amide bonds. The Labute approximate surface area is 74.2 Å². The van der Waals surface area contributed by atoms with E-state index in [4.69, 9.17) is 15.2 Å². The highest BCUT2D eigenvalue weighted by Crippen LogP contribution is 2.47. The lowest BCUT2D eigenvalue weighted by Crippen LogP contribution is -2.18. The monoisotopic (exact) mass is 173 g/mol. The van der Waals surface area contributed by atoms with Gasteiger partial charge in [0, 0.05) is 13.7 Å². The predicted molar refractivity (Wildman–Crippen MR) is 48.0 cm³/mol. The quantitative estimate of drug-likeness (QED) is 0.579. The molecular formula is C9H19NO2. The molecule has 1 fully saturated rings. The lowest BCUT2D eigenvalue weighted by Gasteiger charge is -2.11. The molecule has 72 valence electrons. The summed E-state index contributed by atoms with van der Waals surface area (Å²) in [5.74, 6) is 0. The number of hydrogen-bond acceptors (Lipinski definition) is 3. The summed E-state index contributed by atoms with van der Waals surface area (Å²) in [7, 11) is 1.69. The summed E-state index contributed by atoms with van der Waals surface area (Å²) in [6.07, 6.45) is 3.70. The maximum atomic E-state index is 5.63. The first kappa shape index (κ1) is 9.96. The third-order valence-electron chi connectivity index (χ3n) is 2.60. The molecule has 3 heteroatoms. The van der Waals surface area contributed by atoms with Gasteiger partial charge in [-0.15, -0.1) is 0 Å². The second-order valence-corrected chi connectivity index (χ2v) is 3.56. The molecule has 0 spiro atoms. The van der Waals surface area contributed by atoms with Crippen molar-refractivity contribution >= 4 is 0 Å². The van der Waals surface area contributed by atoms with Gasteiger partial charge in [0.05, 0.1) is 13.2 Å². The Morgan fingerprint density at radius 1 is 1.25 bits per heavy atom. The van der Waals surface area contributed by atoms with Crippen molar-refractivity contribution < 1.29 is 9.47 Å². The lowest BCUT2D eigenvalue weighted by atomic mass is 10.0. The molecule has 0 bridgehead atoms. The summed E-state index contributed by atoms with van der Waals surface area (Å²) >= 11 is 0. The molecule has 0 aromatic heterocycles. The normalized spacial score (nSPS) is 19.5. The fourth-order valence-corrected chi connectivity index (χ4v) is 1.27. The largest absolute Gasteiger partial charge is 0.382 e. The van der Waals surface area contributed by atoms with E-state index in [1.54, 1.807) is 7.11 Å². The SMILES string of the molecule is COCCOCCC1(CN)CC1. The number of methoxy groups -OCH3 is 1. The van der Waals surface area contributed by atoms with Gasteiger partial charge in [0.1, 0.15) is 0 Å². The van der Waals surface area contributed by atoms with Gasteiger partial charge in [0.15, 0.2) is 0 Å². The van der Waals surface area contributed by atoms with Crippen LogP contribution in [0.25, 0.3) is 0 Å². The Morgan fingerprint density at radius 2 is 2.00 bits per heavy atom. The minimum Gasteiger partial charge on any atom is -0.382 e. The molecule has 12 heavy (non-hydrogen) atoms. The molecule has 1 rings (SSSR count). The second kappa shape index (κ2) is 4.80. The summed E-state index contributed by atoms with van der Waals surface area (Å²) in [6, 6.07) is 0. The van der Waals surface area contributed by atoms with Crippen molar-refractivity contribution in [3.63, 3.8) is 0 Å². The summed E-state index contributed by atoms with van der Waals surface area (Å²) in [6.45, 7) is 3.05. The first-order chi connectivity index (χ1) is 5.83. The first-order valence-electron chi connectivity index (χ1n) is 4.60. The molecule has 0 unspecified atom stereocenters. The van der Waals surface area contributed by atoms with E-state index in [9.17, 15) is 0 Å². The van der Waals surface area contributed by atoms with Gasteiger partial charge < -0.3 is 15.2 Å². The van der Waals surface area contributed by atoms with Crippen molar-refractivity contribution in [3.05, 3.63) is 0 Å². The van der Waals surface area contributed by atoms with Gasteiger partial charge in [-0.3, -0.25) is 0 Å². The number of rotatable bonds is 7. The van der Waals surface area contributed by atoms with Crippen molar-refractivity contribution in [2.24, 2.45) is 11.1 Å². The molecule has 0 radical (unpaired) electrons. The van der Waals surface area contributed by atoms with Crippen LogP contribution in [0, 0.1) is 5.41 Å². The van der Waals surface area contributed by atoms with Crippen LogP contribution in [-0.4, -0.2) is 33.5 Å². The average Bonchev–Trinajstić information content (AvgIpc) is 2.85. The van der Waals surface area contributed by atoms with Gasteiger partial charge in [0.2, 0.25) is 0 Å². The van der Waals surface area contributed by atoms with E-state index >= 15 is 0 Å². The fraction of sp³-hybridized carbons (Fsp3) is 1.00. The maximum Gasteiger partial charge on any atom is 0.0700 e. The third-order valence-corrected chi connectivity index (χ3v) is 2.60. The minimum absolute atomic E-state index is 0.451. The maximum absolute atomic E-state index is 5.63. The van der Waals surface area contributed by atoms with Crippen LogP contribution in [-0.2, 0) is 9.47 Å². The van der Waals surface area contributed by atoms with Crippen molar-refractivity contribution in [3.8, 4) is 0 Å². The molecule has 1 aliphatic rings. The Kier molecular flexibility index (Phi) is 3.98. The molecule has 0 heterocycles. The minimum atomic E-state index is 0.451. The number of hydrogen-bond donors (Lipinski definition) is 1. The highest BCUT2D eigenvalue weighted by molar-refractivity contribution is 4.93. The zero-order chi connectivity index (χ0) is 8.86. The second-order valence-electron chi connectivity index (χ2n) is 3.56. The van der Waals surface area contributed by atoms with Gasteiger partial charge >= 0.3 is 0 Å². The van der Waals surface area contributed by atoms with Crippen LogP contribution in [0.5, 0.6) is 0 Å².